The first kappa shape index (κ1) is 9.68. The number of benzene rings is 1. The van der Waals surface area contributed by atoms with E-state index in [2.05, 4.69) is 21.0 Å². The van der Waals surface area contributed by atoms with Crippen molar-refractivity contribution in [3.63, 3.8) is 0 Å². The first-order valence-electron chi connectivity index (χ1n) is 4.47. The highest BCUT2D eigenvalue weighted by atomic mass is 35.5. The summed E-state index contributed by atoms with van der Waals surface area (Å²) in [7, 11) is 0. The van der Waals surface area contributed by atoms with Crippen molar-refractivity contribution in [3.8, 4) is 0 Å². The van der Waals surface area contributed by atoms with Gasteiger partial charge in [0.1, 0.15) is 11.0 Å². The van der Waals surface area contributed by atoms with Gasteiger partial charge in [-0.15, -0.1) is 0 Å². The fraction of sp³-hybridized carbons (Fsp3) is 0.333. The van der Waals surface area contributed by atoms with Crippen molar-refractivity contribution in [2.24, 2.45) is 0 Å². The van der Waals surface area contributed by atoms with E-state index in [0.717, 1.165) is 29.7 Å². The summed E-state index contributed by atoms with van der Waals surface area (Å²) >= 11 is 7.28. The van der Waals surface area contributed by atoms with E-state index >= 15 is 0 Å². The number of nitrogens with one attached hydrogen (secondary N) is 1. The van der Waals surface area contributed by atoms with Crippen molar-refractivity contribution in [3.05, 3.63) is 17.2 Å². The molecule has 14 heavy (non-hydrogen) atoms. The highest BCUT2D eigenvalue weighted by molar-refractivity contribution is 7.00. The average molecular weight is 228 g/mol. The Morgan fingerprint density at radius 1 is 1.43 bits per heavy atom. The Kier molecular flexibility index (Phi) is 2.84. The summed E-state index contributed by atoms with van der Waals surface area (Å²) in [5, 5.41) is 3.97. The summed E-state index contributed by atoms with van der Waals surface area (Å²) < 4.78 is 8.38. The van der Waals surface area contributed by atoms with Gasteiger partial charge in [-0.2, -0.15) is 8.75 Å². The summed E-state index contributed by atoms with van der Waals surface area (Å²) in [6, 6.07) is 3.74. The topological polar surface area (TPSA) is 37.8 Å². The Balaban J connectivity index is 2.47. The molecular formula is C9H10ClN3S. The molecule has 0 unspecified atom stereocenters. The predicted molar refractivity (Wildman–Crippen MR) is 61.2 cm³/mol. The highest BCUT2D eigenvalue weighted by Crippen LogP contribution is 2.29. The molecule has 2 rings (SSSR count). The van der Waals surface area contributed by atoms with E-state index in [4.69, 9.17) is 11.6 Å². The third-order valence-electron chi connectivity index (χ3n) is 1.93. The van der Waals surface area contributed by atoms with Crippen LogP contribution in [0.1, 0.15) is 13.3 Å². The lowest BCUT2D eigenvalue weighted by molar-refractivity contribution is 0.981. The van der Waals surface area contributed by atoms with Crippen molar-refractivity contribution < 1.29 is 0 Å². The molecule has 1 N–H and O–H groups in total. The molecule has 5 heteroatoms. The van der Waals surface area contributed by atoms with Crippen LogP contribution in [0.3, 0.4) is 0 Å². The van der Waals surface area contributed by atoms with Gasteiger partial charge in [0.25, 0.3) is 0 Å². The van der Waals surface area contributed by atoms with Crippen LogP contribution in [-0.2, 0) is 0 Å². The van der Waals surface area contributed by atoms with Crippen molar-refractivity contribution >= 4 is 40.0 Å². The van der Waals surface area contributed by atoms with E-state index < -0.39 is 0 Å². The zero-order chi connectivity index (χ0) is 9.97. The Morgan fingerprint density at radius 2 is 2.29 bits per heavy atom. The van der Waals surface area contributed by atoms with Gasteiger partial charge in [0.15, 0.2) is 0 Å². The average Bonchev–Trinajstić information content (AvgIpc) is 2.64. The molecule has 1 aromatic heterocycles. The third kappa shape index (κ3) is 1.67. The molecule has 3 nitrogen and oxygen atoms in total. The molecule has 1 heterocycles. The van der Waals surface area contributed by atoms with Crippen LogP contribution in [0.2, 0.25) is 5.02 Å². The second-order valence-electron chi connectivity index (χ2n) is 2.98. The van der Waals surface area contributed by atoms with Gasteiger partial charge in [0.05, 0.1) is 22.4 Å². The van der Waals surface area contributed by atoms with Crippen LogP contribution < -0.4 is 5.32 Å². The molecule has 0 aliphatic carbocycles. The molecule has 0 saturated heterocycles. The Bertz CT molecular complexity index is 441. The number of rotatable bonds is 3. The standard InChI is InChI=1S/C9H10ClN3S/c1-2-5-11-8-6(10)3-4-7-9(8)13-14-12-7/h3-4,11H,2,5H2,1H3. The van der Waals surface area contributed by atoms with Gasteiger partial charge < -0.3 is 5.32 Å². The predicted octanol–water partition coefficient (Wildman–Crippen LogP) is 3.17. The van der Waals surface area contributed by atoms with Crippen LogP contribution in [0.5, 0.6) is 0 Å². The molecule has 0 fully saturated rings. The summed E-state index contributed by atoms with van der Waals surface area (Å²) in [4.78, 5) is 0. The molecule has 74 valence electrons. The van der Waals surface area contributed by atoms with Crippen LogP contribution in [0.25, 0.3) is 11.0 Å². The normalized spacial score (nSPS) is 10.7. The van der Waals surface area contributed by atoms with Crippen molar-refractivity contribution in [1.29, 1.82) is 0 Å². The number of fused-ring (bicyclic) bond motifs is 1. The Morgan fingerprint density at radius 3 is 3.07 bits per heavy atom. The van der Waals surface area contributed by atoms with E-state index in [-0.39, 0.29) is 0 Å². The molecule has 0 aliphatic rings. The fourth-order valence-corrected chi connectivity index (χ4v) is 2.01. The van der Waals surface area contributed by atoms with Crippen LogP contribution in [0.15, 0.2) is 12.1 Å². The molecule has 0 spiro atoms. The lowest BCUT2D eigenvalue weighted by atomic mass is 10.2. The number of aromatic nitrogens is 2. The highest BCUT2D eigenvalue weighted by Gasteiger charge is 2.08. The number of anilines is 1. The molecule has 0 saturated carbocycles. The molecule has 0 radical (unpaired) electrons. The number of hydrogen-bond donors (Lipinski definition) is 1. The van der Waals surface area contributed by atoms with Gasteiger partial charge in [-0.3, -0.25) is 0 Å². The van der Waals surface area contributed by atoms with Gasteiger partial charge in [-0.1, -0.05) is 18.5 Å². The smallest absolute Gasteiger partial charge is 0.129 e. The molecule has 0 atom stereocenters. The van der Waals surface area contributed by atoms with Gasteiger partial charge in [0.2, 0.25) is 0 Å². The molecular weight excluding hydrogens is 218 g/mol. The van der Waals surface area contributed by atoms with Crippen molar-refractivity contribution in [2.75, 3.05) is 11.9 Å². The third-order valence-corrected chi connectivity index (χ3v) is 2.79. The van der Waals surface area contributed by atoms with E-state index in [1.54, 1.807) is 0 Å². The van der Waals surface area contributed by atoms with Crippen LogP contribution in [0.4, 0.5) is 5.69 Å². The molecule has 1 aromatic carbocycles. The summed E-state index contributed by atoms with van der Waals surface area (Å²) in [6.45, 7) is 3.01. The molecule has 2 aromatic rings. The SMILES string of the molecule is CCCNc1c(Cl)ccc2nsnc12. The maximum atomic E-state index is 6.07. The lowest BCUT2D eigenvalue weighted by Crippen LogP contribution is -2.00. The molecule has 0 amide bonds. The number of halogens is 1. The maximum absolute atomic E-state index is 6.07. The maximum Gasteiger partial charge on any atom is 0.129 e. The van der Waals surface area contributed by atoms with Gasteiger partial charge >= 0.3 is 0 Å². The fourth-order valence-electron chi connectivity index (χ4n) is 1.25. The second-order valence-corrected chi connectivity index (χ2v) is 3.92. The zero-order valence-electron chi connectivity index (χ0n) is 7.75. The minimum Gasteiger partial charge on any atom is -0.382 e. The molecule has 0 aliphatic heterocycles. The van der Waals surface area contributed by atoms with Gasteiger partial charge in [0, 0.05) is 6.54 Å². The summed E-state index contributed by atoms with van der Waals surface area (Å²) in [5.74, 6) is 0. The van der Waals surface area contributed by atoms with Crippen molar-refractivity contribution in [2.45, 2.75) is 13.3 Å². The first-order valence-corrected chi connectivity index (χ1v) is 5.58. The Labute approximate surface area is 91.4 Å². The molecule has 0 bridgehead atoms. The van der Waals surface area contributed by atoms with Gasteiger partial charge in [-0.05, 0) is 18.6 Å². The largest absolute Gasteiger partial charge is 0.382 e. The number of hydrogen-bond acceptors (Lipinski definition) is 4. The summed E-state index contributed by atoms with van der Waals surface area (Å²) in [5.41, 5.74) is 2.67. The monoisotopic (exact) mass is 227 g/mol. The second kappa shape index (κ2) is 4.11. The van der Waals surface area contributed by atoms with Crippen LogP contribution in [0, 0.1) is 0 Å². The zero-order valence-corrected chi connectivity index (χ0v) is 9.32. The minimum absolute atomic E-state index is 0.707. The van der Waals surface area contributed by atoms with E-state index in [1.165, 1.54) is 11.7 Å². The Hall–Kier alpha value is -0.870. The minimum atomic E-state index is 0.707. The van der Waals surface area contributed by atoms with Crippen LogP contribution in [-0.4, -0.2) is 15.3 Å². The lowest BCUT2D eigenvalue weighted by Gasteiger charge is -2.06. The van der Waals surface area contributed by atoms with E-state index in [0.29, 0.717) is 5.02 Å². The quantitative estimate of drug-likeness (QED) is 0.875. The van der Waals surface area contributed by atoms with Gasteiger partial charge in [-0.25, -0.2) is 0 Å². The van der Waals surface area contributed by atoms with Crippen LogP contribution >= 0.6 is 23.3 Å². The van der Waals surface area contributed by atoms with Crippen molar-refractivity contribution in [1.82, 2.24) is 8.75 Å². The van der Waals surface area contributed by atoms with E-state index in [1.807, 2.05) is 12.1 Å². The first-order chi connectivity index (χ1) is 6.83. The number of nitrogens with zero attached hydrogens (tertiary/aromatic N) is 2. The summed E-state index contributed by atoms with van der Waals surface area (Å²) in [6.07, 6.45) is 1.06. The van der Waals surface area contributed by atoms with E-state index in [9.17, 15) is 0 Å².